The van der Waals surface area contributed by atoms with Gasteiger partial charge in [0.2, 0.25) is 0 Å². The summed E-state index contributed by atoms with van der Waals surface area (Å²) in [4.78, 5) is 18.2. The molecule has 0 spiro atoms. The van der Waals surface area contributed by atoms with Crippen molar-refractivity contribution in [3.05, 3.63) is 46.5 Å². The summed E-state index contributed by atoms with van der Waals surface area (Å²) in [6.07, 6.45) is 3.49. The van der Waals surface area contributed by atoms with Gasteiger partial charge in [0.1, 0.15) is 11.5 Å². The number of hydrogen-bond donors (Lipinski definition) is 2. The fraction of sp³-hybridized carbons (Fsp3) is 0.545. The van der Waals surface area contributed by atoms with E-state index in [-0.39, 0.29) is 23.3 Å². The minimum atomic E-state index is -4.79. The molecule has 0 radical (unpaired) electrons. The zero-order valence-corrected chi connectivity index (χ0v) is 17.9. The standard InChI is InChI=1S/C22H26F3O5P/c23-22(24,25)13-29-21(16-7-3-8-17(12-16)30-31(26,27)28)20-15-6-4-10-19(20)18-9-2-1-5-14(18)11-15/h3,7-8,12,15,19H,1-2,4-6,9-11,13H2,(H2,26,27,28). The molecule has 9 heteroatoms. The highest BCUT2D eigenvalue weighted by atomic mass is 31.2. The number of alkyl halides is 3. The maximum absolute atomic E-state index is 13.1. The number of ether oxygens (including phenoxy) is 1. The second kappa shape index (κ2) is 8.64. The van der Waals surface area contributed by atoms with Crippen LogP contribution < -0.4 is 4.52 Å². The predicted molar refractivity (Wildman–Crippen MR) is 109 cm³/mol. The van der Waals surface area contributed by atoms with Gasteiger partial charge in [0, 0.05) is 11.5 Å². The summed E-state index contributed by atoms with van der Waals surface area (Å²) in [5.41, 5.74) is 4.10. The molecule has 4 rings (SSSR count). The average molecular weight is 458 g/mol. The Morgan fingerprint density at radius 2 is 1.90 bits per heavy atom. The molecule has 0 aromatic heterocycles. The predicted octanol–water partition coefficient (Wildman–Crippen LogP) is 6.14. The second-order valence-electron chi connectivity index (χ2n) is 8.52. The third-order valence-electron chi connectivity index (χ3n) is 6.37. The summed E-state index contributed by atoms with van der Waals surface area (Å²) in [5.74, 6) is 0.279. The SMILES string of the molecule is O=P(O)(O)Oc1cccc(C(OCC(F)(F)F)=C2C3CCCC2C2=C(CCCC2)C3)c1. The Bertz CT molecular complexity index is 947. The quantitative estimate of drug-likeness (QED) is 0.315. The van der Waals surface area contributed by atoms with Gasteiger partial charge in [0.25, 0.3) is 0 Å². The van der Waals surface area contributed by atoms with Crippen molar-refractivity contribution >= 4 is 13.6 Å². The molecule has 3 aliphatic rings. The zero-order valence-electron chi connectivity index (χ0n) is 17.0. The van der Waals surface area contributed by atoms with Crippen molar-refractivity contribution in [3.8, 4) is 5.75 Å². The van der Waals surface area contributed by atoms with Gasteiger partial charge < -0.3 is 9.26 Å². The Labute approximate surface area is 179 Å². The van der Waals surface area contributed by atoms with E-state index in [1.54, 1.807) is 6.07 Å². The molecule has 2 unspecified atom stereocenters. The Morgan fingerprint density at radius 1 is 1.13 bits per heavy atom. The van der Waals surface area contributed by atoms with Crippen LogP contribution in [0.1, 0.15) is 56.9 Å². The third kappa shape index (κ3) is 5.36. The van der Waals surface area contributed by atoms with E-state index in [2.05, 4.69) is 4.52 Å². The van der Waals surface area contributed by atoms with Crippen LogP contribution in [0.15, 0.2) is 41.0 Å². The molecule has 0 aliphatic heterocycles. The molecule has 2 bridgehead atoms. The van der Waals surface area contributed by atoms with Crippen LogP contribution in [-0.2, 0) is 9.30 Å². The van der Waals surface area contributed by atoms with Gasteiger partial charge in [0.15, 0.2) is 6.61 Å². The van der Waals surface area contributed by atoms with E-state index < -0.39 is 20.6 Å². The average Bonchev–Trinajstić information content (AvgIpc) is 2.66. The van der Waals surface area contributed by atoms with Crippen LogP contribution in [0, 0.1) is 11.8 Å². The summed E-state index contributed by atoms with van der Waals surface area (Å²) >= 11 is 0. The molecule has 1 aromatic rings. The second-order valence-corrected chi connectivity index (χ2v) is 9.68. The third-order valence-corrected chi connectivity index (χ3v) is 6.81. The van der Waals surface area contributed by atoms with Crippen LogP contribution in [0.5, 0.6) is 5.75 Å². The number of benzene rings is 1. The van der Waals surface area contributed by atoms with Crippen LogP contribution in [0.25, 0.3) is 5.76 Å². The van der Waals surface area contributed by atoms with E-state index in [1.807, 2.05) is 0 Å². The van der Waals surface area contributed by atoms with Crippen molar-refractivity contribution < 1.29 is 36.8 Å². The van der Waals surface area contributed by atoms with E-state index in [0.29, 0.717) is 5.56 Å². The highest BCUT2D eigenvalue weighted by molar-refractivity contribution is 7.46. The fourth-order valence-electron chi connectivity index (χ4n) is 5.34. The van der Waals surface area contributed by atoms with Gasteiger partial charge in [0.05, 0.1) is 0 Å². The zero-order chi connectivity index (χ0) is 22.2. The lowest BCUT2D eigenvalue weighted by Crippen LogP contribution is -2.30. The lowest BCUT2D eigenvalue weighted by Gasteiger charge is -2.43. The Morgan fingerprint density at radius 3 is 2.65 bits per heavy atom. The molecule has 0 heterocycles. The summed E-state index contributed by atoms with van der Waals surface area (Å²) in [7, 11) is -4.79. The lowest BCUT2D eigenvalue weighted by atomic mass is 9.62. The lowest BCUT2D eigenvalue weighted by molar-refractivity contribution is -0.158. The summed E-state index contributed by atoms with van der Waals surface area (Å²) < 4.78 is 60.5. The number of allylic oxidation sites excluding steroid dienone is 3. The van der Waals surface area contributed by atoms with Crippen molar-refractivity contribution in [1.29, 1.82) is 0 Å². The van der Waals surface area contributed by atoms with Gasteiger partial charge in [-0.1, -0.05) is 29.7 Å². The smallest absolute Gasteiger partial charge is 0.484 e. The van der Waals surface area contributed by atoms with Crippen LogP contribution >= 0.6 is 7.82 Å². The molecule has 1 fully saturated rings. The maximum Gasteiger partial charge on any atom is 0.524 e. The number of fused-ring (bicyclic) bond motifs is 3. The van der Waals surface area contributed by atoms with Crippen molar-refractivity contribution in [1.82, 2.24) is 0 Å². The molecular weight excluding hydrogens is 432 g/mol. The monoisotopic (exact) mass is 458 g/mol. The minimum absolute atomic E-state index is 0.0809. The van der Waals surface area contributed by atoms with Gasteiger partial charge in [-0.2, -0.15) is 13.2 Å². The first-order chi connectivity index (χ1) is 14.6. The highest BCUT2D eigenvalue weighted by Crippen LogP contribution is 2.53. The molecule has 170 valence electrons. The first-order valence-electron chi connectivity index (χ1n) is 10.6. The van der Waals surface area contributed by atoms with Gasteiger partial charge in [-0.25, -0.2) is 4.57 Å². The number of halogens is 3. The van der Waals surface area contributed by atoms with Crippen LogP contribution in [0.4, 0.5) is 13.2 Å². The van der Waals surface area contributed by atoms with Crippen molar-refractivity contribution in [2.75, 3.05) is 6.61 Å². The Hall–Kier alpha value is -1.76. The number of phosphoric ester groups is 1. The van der Waals surface area contributed by atoms with E-state index >= 15 is 0 Å². The van der Waals surface area contributed by atoms with Crippen molar-refractivity contribution in [2.45, 2.75) is 57.5 Å². The van der Waals surface area contributed by atoms with Crippen LogP contribution in [0.3, 0.4) is 0 Å². The molecule has 0 amide bonds. The molecule has 5 nitrogen and oxygen atoms in total. The molecule has 3 aliphatic carbocycles. The topological polar surface area (TPSA) is 76.0 Å². The number of phosphoric acid groups is 1. The molecule has 1 saturated carbocycles. The van der Waals surface area contributed by atoms with Gasteiger partial charge in [-0.15, -0.1) is 0 Å². The first-order valence-corrected chi connectivity index (χ1v) is 12.1. The van der Waals surface area contributed by atoms with Gasteiger partial charge in [-0.05, 0) is 68.6 Å². The normalized spacial score (nSPS) is 25.7. The summed E-state index contributed by atoms with van der Waals surface area (Å²) in [5, 5.41) is 0. The fourth-order valence-corrected chi connectivity index (χ4v) is 5.73. The largest absolute Gasteiger partial charge is 0.524 e. The van der Waals surface area contributed by atoms with Crippen molar-refractivity contribution in [3.63, 3.8) is 0 Å². The van der Waals surface area contributed by atoms with Gasteiger partial charge in [-0.3, -0.25) is 9.79 Å². The number of hydrogen-bond acceptors (Lipinski definition) is 3. The highest BCUT2D eigenvalue weighted by Gasteiger charge is 2.40. The Balaban J connectivity index is 1.80. The first kappa shape index (κ1) is 22.4. The van der Waals surface area contributed by atoms with E-state index in [1.165, 1.54) is 29.3 Å². The molecular formula is C22H26F3O5P. The van der Waals surface area contributed by atoms with E-state index in [4.69, 9.17) is 14.5 Å². The Kier molecular flexibility index (Phi) is 6.25. The molecule has 0 saturated heterocycles. The molecule has 1 aromatic carbocycles. The van der Waals surface area contributed by atoms with Crippen LogP contribution in [0.2, 0.25) is 0 Å². The van der Waals surface area contributed by atoms with E-state index in [0.717, 1.165) is 56.9 Å². The summed E-state index contributed by atoms with van der Waals surface area (Å²) in [6, 6.07) is 5.81. The molecule has 31 heavy (non-hydrogen) atoms. The molecule has 2 N–H and O–H groups in total. The van der Waals surface area contributed by atoms with Crippen molar-refractivity contribution in [2.24, 2.45) is 11.8 Å². The van der Waals surface area contributed by atoms with Gasteiger partial charge >= 0.3 is 14.0 Å². The maximum atomic E-state index is 13.1. The number of rotatable bonds is 5. The minimum Gasteiger partial charge on any atom is -0.484 e. The summed E-state index contributed by atoms with van der Waals surface area (Å²) in [6.45, 7) is -1.42. The molecule has 2 atom stereocenters. The van der Waals surface area contributed by atoms with E-state index in [9.17, 15) is 17.7 Å². The van der Waals surface area contributed by atoms with Crippen LogP contribution in [-0.4, -0.2) is 22.6 Å².